The van der Waals surface area contributed by atoms with Gasteiger partial charge in [-0.25, -0.2) is 4.98 Å². The molecule has 25 heavy (non-hydrogen) atoms. The molecule has 0 aliphatic rings. The van der Waals surface area contributed by atoms with Gasteiger partial charge in [-0.2, -0.15) is 0 Å². The largest absolute Gasteiger partial charge is 0.493 e. The number of thiazole rings is 1. The number of fused-ring (bicyclic) bond motifs is 1. The highest BCUT2D eigenvalue weighted by molar-refractivity contribution is 7.16. The summed E-state index contributed by atoms with van der Waals surface area (Å²) >= 11 is 1.56. The maximum Gasteiger partial charge on any atom is 0.228 e. The number of rotatable bonds is 7. The Hall–Kier alpha value is -2.66. The molecule has 0 spiro atoms. The predicted molar refractivity (Wildman–Crippen MR) is 103 cm³/mol. The quantitative estimate of drug-likeness (QED) is 0.490. The second-order valence-corrected chi connectivity index (χ2v) is 6.50. The van der Waals surface area contributed by atoms with Crippen LogP contribution in [0, 0.1) is 0 Å². The summed E-state index contributed by atoms with van der Waals surface area (Å²) in [5.41, 5.74) is 4.48. The van der Waals surface area contributed by atoms with Gasteiger partial charge in [0.2, 0.25) is 5.91 Å². The molecule has 3 rings (SSSR count). The monoisotopic (exact) mass is 352 g/mol. The number of anilines is 1. The minimum atomic E-state index is -0.0464. The molecule has 4 nitrogen and oxygen atoms in total. The third-order valence-electron chi connectivity index (χ3n) is 3.67. The number of nitrogens with one attached hydrogen (secondary N) is 1. The van der Waals surface area contributed by atoms with Gasteiger partial charge < -0.3 is 10.1 Å². The maximum absolute atomic E-state index is 12.3. The van der Waals surface area contributed by atoms with Crippen molar-refractivity contribution in [2.45, 2.75) is 19.8 Å². The summed E-state index contributed by atoms with van der Waals surface area (Å²) < 4.78 is 6.76. The third-order valence-corrected chi connectivity index (χ3v) is 4.46. The van der Waals surface area contributed by atoms with Gasteiger partial charge in [-0.1, -0.05) is 24.3 Å². The topological polar surface area (TPSA) is 51.2 Å². The minimum absolute atomic E-state index is 0.0464. The second-order valence-electron chi connectivity index (χ2n) is 5.61. The van der Waals surface area contributed by atoms with Crippen LogP contribution in [-0.2, 0) is 11.2 Å². The van der Waals surface area contributed by atoms with E-state index in [2.05, 4.69) is 16.4 Å². The van der Waals surface area contributed by atoms with Crippen LogP contribution in [0.15, 0.2) is 60.1 Å². The molecule has 0 fully saturated rings. The van der Waals surface area contributed by atoms with Crippen LogP contribution in [0.4, 0.5) is 5.69 Å². The van der Waals surface area contributed by atoms with Crippen LogP contribution < -0.4 is 10.1 Å². The Morgan fingerprint density at radius 3 is 3.08 bits per heavy atom. The summed E-state index contributed by atoms with van der Waals surface area (Å²) in [5, 5.41) is 2.94. The zero-order chi connectivity index (χ0) is 17.5. The number of ether oxygens (including phenoxy) is 1. The van der Waals surface area contributed by atoms with Gasteiger partial charge in [-0.15, -0.1) is 11.3 Å². The van der Waals surface area contributed by atoms with Gasteiger partial charge >= 0.3 is 0 Å². The zero-order valence-corrected chi connectivity index (χ0v) is 14.9. The lowest BCUT2D eigenvalue weighted by atomic mass is 10.1. The molecule has 5 heteroatoms. The van der Waals surface area contributed by atoms with Crippen LogP contribution in [-0.4, -0.2) is 17.5 Å². The Balaban J connectivity index is 1.58. The Labute approximate surface area is 151 Å². The molecule has 1 amide bonds. The molecule has 0 atom stereocenters. The summed E-state index contributed by atoms with van der Waals surface area (Å²) in [6.07, 6.45) is 5.26. The van der Waals surface area contributed by atoms with Crippen molar-refractivity contribution in [2.75, 3.05) is 11.9 Å². The number of nitrogens with zero attached hydrogens (tertiary/aromatic N) is 1. The van der Waals surface area contributed by atoms with Gasteiger partial charge in [-0.3, -0.25) is 4.79 Å². The van der Waals surface area contributed by atoms with Gasteiger partial charge in [0.05, 0.1) is 28.8 Å². The maximum atomic E-state index is 12.3. The van der Waals surface area contributed by atoms with Crippen LogP contribution in [0.5, 0.6) is 5.75 Å². The van der Waals surface area contributed by atoms with Gasteiger partial charge in [0.1, 0.15) is 5.75 Å². The molecule has 0 aliphatic heterocycles. The van der Waals surface area contributed by atoms with E-state index >= 15 is 0 Å². The molecule has 1 N–H and O–H groups in total. The Kier molecular flexibility index (Phi) is 5.80. The van der Waals surface area contributed by atoms with Crippen molar-refractivity contribution in [1.82, 2.24) is 4.98 Å². The number of amides is 1. The van der Waals surface area contributed by atoms with E-state index in [1.54, 1.807) is 16.8 Å². The Bertz CT molecular complexity index is 886. The SMILES string of the molecule is C/C=C/CCOc1cccc(CC(=O)Nc2ccc3ncsc3c2)c1. The fourth-order valence-electron chi connectivity index (χ4n) is 2.48. The molecule has 128 valence electrons. The second kappa shape index (κ2) is 8.44. The number of carbonyl (C=O) groups excluding carboxylic acids is 1. The lowest BCUT2D eigenvalue weighted by Crippen LogP contribution is -2.14. The van der Waals surface area contributed by atoms with Crippen molar-refractivity contribution in [1.29, 1.82) is 0 Å². The van der Waals surface area contributed by atoms with Crippen LogP contribution in [0.3, 0.4) is 0 Å². The van der Waals surface area contributed by atoms with E-state index in [9.17, 15) is 4.79 Å². The van der Waals surface area contributed by atoms with E-state index in [-0.39, 0.29) is 5.91 Å². The molecule has 0 unspecified atom stereocenters. The highest BCUT2D eigenvalue weighted by atomic mass is 32.1. The van der Waals surface area contributed by atoms with E-state index < -0.39 is 0 Å². The molecule has 3 aromatic rings. The first kappa shape index (κ1) is 17.2. The number of hydrogen-bond acceptors (Lipinski definition) is 4. The first-order valence-electron chi connectivity index (χ1n) is 8.20. The minimum Gasteiger partial charge on any atom is -0.493 e. The lowest BCUT2D eigenvalue weighted by molar-refractivity contribution is -0.115. The fraction of sp³-hybridized carbons (Fsp3) is 0.200. The Morgan fingerprint density at radius 1 is 1.28 bits per heavy atom. The molecule has 0 saturated carbocycles. The molecule has 1 heterocycles. The lowest BCUT2D eigenvalue weighted by Gasteiger charge is -2.08. The van der Waals surface area contributed by atoms with E-state index in [4.69, 9.17) is 4.74 Å². The summed E-state index contributed by atoms with van der Waals surface area (Å²) in [4.78, 5) is 16.5. The number of allylic oxidation sites excluding steroid dienone is 1. The van der Waals surface area contributed by atoms with E-state index in [1.807, 2.05) is 55.5 Å². The number of benzene rings is 2. The highest BCUT2D eigenvalue weighted by Gasteiger charge is 2.07. The number of carbonyl (C=O) groups is 1. The van der Waals surface area contributed by atoms with Crippen LogP contribution >= 0.6 is 11.3 Å². The van der Waals surface area contributed by atoms with Gasteiger partial charge in [0.15, 0.2) is 0 Å². The van der Waals surface area contributed by atoms with E-state index in [0.717, 1.165) is 33.6 Å². The third kappa shape index (κ3) is 4.90. The van der Waals surface area contributed by atoms with Crippen LogP contribution in [0.2, 0.25) is 0 Å². The fourth-order valence-corrected chi connectivity index (χ4v) is 3.20. The first-order chi connectivity index (χ1) is 12.2. The summed E-state index contributed by atoms with van der Waals surface area (Å²) in [6.45, 7) is 2.63. The normalized spacial score (nSPS) is 11.1. The average Bonchev–Trinajstić information content (AvgIpc) is 3.07. The van der Waals surface area contributed by atoms with Crippen molar-refractivity contribution in [3.8, 4) is 5.75 Å². The Morgan fingerprint density at radius 2 is 2.20 bits per heavy atom. The first-order valence-corrected chi connectivity index (χ1v) is 9.08. The average molecular weight is 352 g/mol. The molecular formula is C20H20N2O2S. The van der Waals surface area contributed by atoms with Crippen molar-refractivity contribution in [2.24, 2.45) is 0 Å². The smallest absolute Gasteiger partial charge is 0.228 e. The van der Waals surface area contributed by atoms with E-state index in [1.165, 1.54) is 0 Å². The summed E-state index contributed by atoms with van der Waals surface area (Å²) in [6, 6.07) is 13.4. The number of aromatic nitrogens is 1. The van der Waals surface area contributed by atoms with Crippen molar-refractivity contribution in [3.63, 3.8) is 0 Å². The van der Waals surface area contributed by atoms with E-state index in [0.29, 0.717) is 13.0 Å². The number of hydrogen-bond donors (Lipinski definition) is 1. The van der Waals surface area contributed by atoms with Gasteiger partial charge in [0, 0.05) is 5.69 Å². The van der Waals surface area contributed by atoms with Crippen LogP contribution in [0.25, 0.3) is 10.2 Å². The molecule has 0 saturated heterocycles. The van der Waals surface area contributed by atoms with Gasteiger partial charge in [0.25, 0.3) is 0 Å². The molecule has 2 aromatic carbocycles. The van der Waals surface area contributed by atoms with Crippen LogP contribution in [0.1, 0.15) is 18.9 Å². The predicted octanol–water partition coefficient (Wildman–Crippen LogP) is 4.82. The molecule has 0 bridgehead atoms. The summed E-state index contributed by atoms with van der Waals surface area (Å²) in [5.74, 6) is 0.746. The summed E-state index contributed by atoms with van der Waals surface area (Å²) in [7, 11) is 0. The van der Waals surface area contributed by atoms with Gasteiger partial charge in [-0.05, 0) is 49.2 Å². The standard InChI is InChI=1S/C20H20N2O2S/c1-2-3-4-10-24-17-7-5-6-15(11-17)12-20(23)22-16-8-9-18-19(13-16)25-14-21-18/h2-3,5-9,11,13-14H,4,10,12H2,1H3,(H,22,23)/b3-2+. The van der Waals surface area contributed by atoms with Crippen molar-refractivity contribution < 1.29 is 9.53 Å². The zero-order valence-electron chi connectivity index (χ0n) is 14.1. The molecular weight excluding hydrogens is 332 g/mol. The highest BCUT2D eigenvalue weighted by Crippen LogP contribution is 2.22. The molecule has 0 aliphatic carbocycles. The van der Waals surface area contributed by atoms with Crippen molar-refractivity contribution in [3.05, 3.63) is 65.7 Å². The molecule has 0 radical (unpaired) electrons. The molecule has 1 aromatic heterocycles. The van der Waals surface area contributed by atoms with Crippen molar-refractivity contribution >= 4 is 33.1 Å².